The lowest BCUT2D eigenvalue weighted by molar-refractivity contribution is -0.122. The van der Waals surface area contributed by atoms with Crippen molar-refractivity contribution in [1.29, 1.82) is 0 Å². The summed E-state index contributed by atoms with van der Waals surface area (Å²) in [5.41, 5.74) is 6.44. The number of nitrogens with two attached hydrogens (primary N) is 1. The van der Waals surface area contributed by atoms with Gasteiger partial charge in [-0.05, 0) is 50.4 Å². The fourth-order valence-corrected chi connectivity index (χ4v) is 3.11. The quantitative estimate of drug-likeness (QED) is 0.666. The van der Waals surface area contributed by atoms with E-state index in [4.69, 9.17) is 5.73 Å². The lowest BCUT2D eigenvalue weighted by atomic mass is 10.2. The second kappa shape index (κ2) is 6.55. The monoisotopic (exact) mass is 311 g/mol. The molecule has 21 heavy (non-hydrogen) atoms. The first-order valence-corrected chi connectivity index (χ1v) is 8.52. The Morgan fingerprint density at radius 2 is 1.95 bits per heavy atom. The lowest BCUT2D eigenvalue weighted by Gasteiger charge is -2.14. The van der Waals surface area contributed by atoms with Gasteiger partial charge in [-0.2, -0.15) is 4.72 Å². The highest BCUT2D eigenvalue weighted by molar-refractivity contribution is 7.89. The molecule has 1 aromatic rings. The summed E-state index contributed by atoms with van der Waals surface area (Å²) in [6.07, 6.45) is 2.63. The molecule has 1 aromatic carbocycles. The summed E-state index contributed by atoms with van der Waals surface area (Å²) < 4.78 is 26.8. The van der Waals surface area contributed by atoms with Crippen molar-refractivity contribution in [2.75, 3.05) is 6.54 Å². The van der Waals surface area contributed by atoms with Crippen molar-refractivity contribution in [1.82, 2.24) is 10.0 Å². The van der Waals surface area contributed by atoms with Crippen molar-refractivity contribution in [2.45, 2.75) is 43.2 Å². The fourth-order valence-electron chi connectivity index (χ4n) is 1.91. The largest absolute Gasteiger partial charge is 0.352 e. The molecule has 0 radical (unpaired) electrons. The molecule has 7 heteroatoms. The van der Waals surface area contributed by atoms with E-state index in [-0.39, 0.29) is 16.8 Å². The highest BCUT2D eigenvalue weighted by Gasteiger charge is 2.27. The third-order valence-corrected chi connectivity index (χ3v) is 4.87. The molecule has 0 aromatic heterocycles. The number of amides is 1. The van der Waals surface area contributed by atoms with Crippen LogP contribution >= 0.6 is 0 Å². The van der Waals surface area contributed by atoms with Crippen LogP contribution in [-0.4, -0.2) is 33.0 Å². The molecule has 0 heterocycles. The van der Waals surface area contributed by atoms with Gasteiger partial charge in [0.2, 0.25) is 15.9 Å². The van der Waals surface area contributed by atoms with Gasteiger partial charge < -0.3 is 11.1 Å². The van der Waals surface area contributed by atoms with Gasteiger partial charge in [0.1, 0.15) is 0 Å². The van der Waals surface area contributed by atoms with Gasteiger partial charge in [-0.15, -0.1) is 0 Å². The maximum Gasteiger partial charge on any atom is 0.241 e. The average molecular weight is 311 g/mol. The normalized spacial score (nSPS) is 16.5. The number of carbonyl (C=O) groups excluding carboxylic acids is 1. The zero-order valence-electron chi connectivity index (χ0n) is 12.0. The number of rotatable bonds is 7. The molecule has 116 valence electrons. The summed E-state index contributed by atoms with van der Waals surface area (Å²) in [5, 5.41) is 2.77. The molecule has 1 aliphatic carbocycles. The van der Waals surface area contributed by atoms with E-state index in [0.717, 1.165) is 18.4 Å². The molecule has 1 amide bonds. The maximum absolute atomic E-state index is 12.2. The Balaban J connectivity index is 2.00. The molecule has 1 atom stereocenters. The summed E-state index contributed by atoms with van der Waals surface area (Å²) in [6.45, 7) is 2.06. The number of benzene rings is 1. The Morgan fingerprint density at radius 1 is 1.33 bits per heavy atom. The fraction of sp³-hybridized carbons (Fsp3) is 0.500. The zero-order valence-corrected chi connectivity index (χ0v) is 12.8. The van der Waals surface area contributed by atoms with Crippen molar-refractivity contribution in [3.63, 3.8) is 0 Å². The first-order valence-electron chi connectivity index (χ1n) is 7.04. The van der Waals surface area contributed by atoms with Crippen LogP contribution in [0.1, 0.15) is 25.3 Å². The molecule has 1 aliphatic rings. The predicted molar refractivity (Wildman–Crippen MR) is 80.1 cm³/mol. The summed E-state index contributed by atoms with van der Waals surface area (Å²) in [5.74, 6) is -0.291. The highest BCUT2D eigenvalue weighted by atomic mass is 32.2. The Kier molecular flexibility index (Phi) is 4.97. The average Bonchev–Trinajstić information content (AvgIpc) is 3.23. The van der Waals surface area contributed by atoms with E-state index in [0.29, 0.717) is 13.0 Å². The van der Waals surface area contributed by atoms with E-state index in [1.807, 2.05) is 0 Å². The topological polar surface area (TPSA) is 101 Å². The smallest absolute Gasteiger partial charge is 0.241 e. The molecule has 0 saturated heterocycles. The predicted octanol–water partition coefficient (Wildman–Crippen LogP) is 0.133. The van der Waals surface area contributed by atoms with E-state index >= 15 is 0 Å². The molecule has 1 unspecified atom stereocenters. The minimum Gasteiger partial charge on any atom is -0.352 e. The summed E-state index contributed by atoms with van der Waals surface area (Å²) in [7, 11) is -3.69. The third-order valence-electron chi connectivity index (χ3n) is 3.32. The second-order valence-electron chi connectivity index (χ2n) is 5.31. The minimum atomic E-state index is -3.69. The van der Waals surface area contributed by atoms with Crippen molar-refractivity contribution in [3.05, 3.63) is 29.8 Å². The first kappa shape index (κ1) is 15.9. The van der Waals surface area contributed by atoms with Gasteiger partial charge in [0.15, 0.2) is 0 Å². The van der Waals surface area contributed by atoms with Crippen LogP contribution in [-0.2, 0) is 21.2 Å². The minimum absolute atomic E-state index is 0.148. The van der Waals surface area contributed by atoms with Crippen molar-refractivity contribution in [3.8, 4) is 0 Å². The molecule has 1 fully saturated rings. The molecule has 4 N–H and O–H groups in total. The van der Waals surface area contributed by atoms with Gasteiger partial charge >= 0.3 is 0 Å². The third kappa shape index (κ3) is 4.52. The van der Waals surface area contributed by atoms with Crippen LogP contribution in [0.5, 0.6) is 0 Å². The Labute approximate surface area is 125 Å². The zero-order chi connectivity index (χ0) is 15.5. The Bertz CT molecular complexity index is 594. The standard InChI is InChI=1S/C14H21N3O3S/c1-10(14(18)16-12-4-5-12)17-21(19,20)13-6-2-11(3-7-13)8-9-15/h2-3,6-7,10,12,17H,4-5,8-9,15H2,1H3,(H,16,18). The first-order chi connectivity index (χ1) is 9.92. The summed E-state index contributed by atoms with van der Waals surface area (Å²) >= 11 is 0. The van der Waals surface area contributed by atoms with E-state index < -0.39 is 16.1 Å². The SMILES string of the molecule is CC(NS(=O)(=O)c1ccc(CCN)cc1)C(=O)NC1CC1. The number of sulfonamides is 1. The van der Waals surface area contributed by atoms with Gasteiger partial charge in [0.25, 0.3) is 0 Å². The van der Waals surface area contributed by atoms with Crippen LogP contribution in [0.4, 0.5) is 0 Å². The van der Waals surface area contributed by atoms with E-state index in [9.17, 15) is 13.2 Å². The molecule has 2 rings (SSSR count). The number of nitrogens with one attached hydrogen (secondary N) is 2. The van der Waals surface area contributed by atoms with Gasteiger partial charge in [-0.3, -0.25) is 4.79 Å². The van der Waals surface area contributed by atoms with Gasteiger partial charge in [-0.1, -0.05) is 12.1 Å². The van der Waals surface area contributed by atoms with Crippen molar-refractivity contribution >= 4 is 15.9 Å². The number of hydrogen-bond donors (Lipinski definition) is 3. The van der Waals surface area contributed by atoms with E-state index in [1.54, 1.807) is 12.1 Å². The van der Waals surface area contributed by atoms with Crippen molar-refractivity contribution < 1.29 is 13.2 Å². The Hall–Kier alpha value is -1.44. The van der Waals surface area contributed by atoms with Crippen molar-refractivity contribution in [2.24, 2.45) is 5.73 Å². The van der Waals surface area contributed by atoms with Gasteiger partial charge in [0.05, 0.1) is 10.9 Å². The second-order valence-corrected chi connectivity index (χ2v) is 7.02. The molecule has 0 bridgehead atoms. The van der Waals surface area contributed by atoms with Crippen LogP contribution in [0.3, 0.4) is 0 Å². The Morgan fingerprint density at radius 3 is 2.48 bits per heavy atom. The molecule has 0 spiro atoms. The maximum atomic E-state index is 12.2. The van der Waals surface area contributed by atoms with Crippen LogP contribution < -0.4 is 15.8 Å². The summed E-state index contributed by atoms with van der Waals surface area (Å²) in [4.78, 5) is 11.9. The van der Waals surface area contributed by atoms with Crippen LogP contribution in [0.25, 0.3) is 0 Å². The van der Waals surface area contributed by atoms with Crippen LogP contribution in [0.15, 0.2) is 29.2 Å². The number of hydrogen-bond acceptors (Lipinski definition) is 4. The molecular weight excluding hydrogens is 290 g/mol. The van der Waals surface area contributed by atoms with Crippen LogP contribution in [0, 0.1) is 0 Å². The van der Waals surface area contributed by atoms with Gasteiger partial charge in [-0.25, -0.2) is 8.42 Å². The highest BCUT2D eigenvalue weighted by Crippen LogP contribution is 2.18. The van der Waals surface area contributed by atoms with E-state index in [1.165, 1.54) is 19.1 Å². The molecular formula is C14H21N3O3S. The lowest BCUT2D eigenvalue weighted by Crippen LogP contribution is -2.45. The van der Waals surface area contributed by atoms with Crippen LogP contribution in [0.2, 0.25) is 0 Å². The summed E-state index contributed by atoms with van der Waals surface area (Å²) in [6, 6.07) is 5.93. The molecule has 1 saturated carbocycles. The molecule has 0 aliphatic heterocycles. The van der Waals surface area contributed by atoms with Gasteiger partial charge in [0, 0.05) is 6.04 Å². The van der Waals surface area contributed by atoms with E-state index in [2.05, 4.69) is 10.0 Å². The number of carbonyl (C=O) groups is 1. The molecule has 6 nitrogen and oxygen atoms in total.